The Morgan fingerprint density at radius 3 is 2.35 bits per heavy atom. The minimum atomic E-state index is -0.183. The van der Waals surface area contributed by atoms with Crippen LogP contribution in [0.2, 0.25) is 0 Å². The van der Waals surface area contributed by atoms with Gasteiger partial charge in [-0.25, -0.2) is 0 Å². The molecule has 0 bridgehead atoms. The largest absolute Gasteiger partial charge is 0.398 e. The minimum absolute atomic E-state index is 0.127. The monoisotopic (exact) mass is 268 g/mol. The highest BCUT2D eigenvalue weighted by molar-refractivity contribution is 5.99. The number of benzene rings is 2. The van der Waals surface area contributed by atoms with E-state index in [2.05, 4.69) is 0 Å². The molecule has 2 N–H and O–H groups in total. The summed E-state index contributed by atoms with van der Waals surface area (Å²) in [7, 11) is 1.94. The molecule has 0 fully saturated rings. The lowest BCUT2D eigenvalue weighted by atomic mass is 10.0. The van der Waals surface area contributed by atoms with Gasteiger partial charge in [0.15, 0.2) is 5.78 Å². The lowest BCUT2D eigenvalue weighted by molar-refractivity contribution is 0.0862. The zero-order chi connectivity index (χ0) is 14.5. The van der Waals surface area contributed by atoms with E-state index in [1.54, 1.807) is 0 Å². The molecule has 0 amide bonds. The van der Waals surface area contributed by atoms with Crippen molar-refractivity contribution in [2.45, 2.75) is 19.5 Å². The summed E-state index contributed by atoms with van der Waals surface area (Å²) in [6, 6.07) is 16.9. The van der Waals surface area contributed by atoms with E-state index in [9.17, 15) is 4.79 Å². The first-order valence-electron chi connectivity index (χ1n) is 6.72. The van der Waals surface area contributed by atoms with E-state index in [1.165, 1.54) is 0 Å². The second-order valence-electron chi connectivity index (χ2n) is 5.02. The van der Waals surface area contributed by atoms with Gasteiger partial charge >= 0.3 is 0 Å². The number of nitrogens with two attached hydrogens (primary N) is 1. The van der Waals surface area contributed by atoms with Crippen molar-refractivity contribution in [1.82, 2.24) is 4.90 Å². The number of hydrogen-bond acceptors (Lipinski definition) is 3. The Morgan fingerprint density at radius 1 is 1.10 bits per heavy atom. The van der Waals surface area contributed by atoms with E-state index in [0.29, 0.717) is 6.54 Å². The Morgan fingerprint density at radius 2 is 1.70 bits per heavy atom. The first-order chi connectivity index (χ1) is 9.59. The molecular weight excluding hydrogens is 248 g/mol. The number of carbonyl (C=O) groups excluding carboxylic acids is 1. The lowest BCUT2D eigenvalue weighted by Gasteiger charge is -2.24. The molecule has 2 aromatic carbocycles. The number of anilines is 1. The van der Waals surface area contributed by atoms with Crippen LogP contribution in [-0.2, 0) is 6.54 Å². The highest BCUT2D eigenvalue weighted by Crippen LogP contribution is 2.15. The molecule has 104 valence electrons. The second kappa shape index (κ2) is 6.35. The smallest absolute Gasteiger partial charge is 0.179 e. The van der Waals surface area contributed by atoms with Gasteiger partial charge < -0.3 is 5.73 Å². The molecule has 1 unspecified atom stereocenters. The first kappa shape index (κ1) is 14.3. The van der Waals surface area contributed by atoms with Gasteiger partial charge in [0.2, 0.25) is 0 Å². The molecule has 20 heavy (non-hydrogen) atoms. The summed E-state index contributed by atoms with van der Waals surface area (Å²) in [5.74, 6) is 0.127. The van der Waals surface area contributed by atoms with Gasteiger partial charge in [0.05, 0.1) is 6.04 Å². The Hall–Kier alpha value is -2.13. The van der Waals surface area contributed by atoms with Gasteiger partial charge in [0, 0.05) is 17.8 Å². The van der Waals surface area contributed by atoms with Crippen LogP contribution in [0.3, 0.4) is 0 Å². The van der Waals surface area contributed by atoms with E-state index in [0.717, 1.165) is 16.8 Å². The molecule has 0 aliphatic rings. The Balaban J connectivity index is 2.08. The third-order valence-corrected chi connectivity index (χ3v) is 3.57. The number of rotatable bonds is 5. The van der Waals surface area contributed by atoms with E-state index in [1.807, 2.05) is 73.5 Å². The van der Waals surface area contributed by atoms with E-state index < -0.39 is 0 Å². The SMILES string of the molecule is CC(C(=O)c1ccccc1)N(C)Cc1ccccc1N. The maximum Gasteiger partial charge on any atom is 0.179 e. The molecule has 3 heteroatoms. The number of carbonyl (C=O) groups is 1. The highest BCUT2D eigenvalue weighted by atomic mass is 16.1. The molecule has 0 radical (unpaired) electrons. The van der Waals surface area contributed by atoms with Crippen molar-refractivity contribution in [3.8, 4) is 0 Å². The molecule has 2 rings (SSSR count). The summed E-state index contributed by atoms with van der Waals surface area (Å²) < 4.78 is 0. The topological polar surface area (TPSA) is 46.3 Å². The number of para-hydroxylation sites is 1. The molecule has 0 heterocycles. The average molecular weight is 268 g/mol. The Bertz CT molecular complexity index is 581. The number of Topliss-reactive ketones (excluding diaryl/α,β-unsaturated/α-hetero) is 1. The molecule has 0 saturated heterocycles. The molecule has 2 aromatic rings. The van der Waals surface area contributed by atoms with Crippen LogP contribution in [0.25, 0.3) is 0 Å². The summed E-state index contributed by atoms with van der Waals surface area (Å²) >= 11 is 0. The normalized spacial score (nSPS) is 12.3. The van der Waals surface area contributed by atoms with Crippen molar-refractivity contribution in [2.75, 3.05) is 12.8 Å². The van der Waals surface area contributed by atoms with Gasteiger partial charge in [-0.1, -0.05) is 48.5 Å². The number of hydrogen-bond donors (Lipinski definition) is 1. The number of ketones is 1. The third-order valence-electron chi connectivity index (χ3n) is 3.57. The van der Waals surface area contributed by atoms with E-state index >= 15 is 0 Å². The Labute approximate surface area is 120 Å². The average Bonchev–Trinajstić information content (AvgIpc) is 2.49. The maximum absolute atomic E-state index is 12.4. The van der Waals surface area contributed by atoms with Crippen LogP contribution in [0.5, 0.6) is 0 Å². The van der Waals surface area contributed by atoms with Crippen LogP contribution < -0.4 is 5.73 Å². The third kappa shape index (κ3) is 3.25. The standard InChI is InChI=1S/C17H20N2O/c1-13(17(20)14-8-4-3-5-9-14)19(2)12-15-10-6-7-11-16(15)18/h3-11,13H,12,18H2,1-2H3. The number of likely N-dealkylation sites (N-methyl/N-ethyl adjacent to an activating group) is 1. The maximum atomic E-state index is 12.4. The molecule has 0 aliphatic heterocycles. The van der Waals surface area contributed by atoms with Crippen LogP contribution in [0, 0.1) is 0 Å². The Kier molecular flexibility index (Phi) is 4.53. The van der Waals surface area contributed by atoms with Gasteiger partial charge in [0.25, 0.3) is 0 Å². The van der Waals surface area contributed by atoms with Crippen LogP contribution in [-0.4, -0.2) is 23.8 Å². The fraction of sp³-hybridized carbons (Fsp3) is 0.235. The van der Waals surface area contributed by atoms with Crippen molar-refractivity contribution in [2.24, 2.45) is 0 Å². The van der Waals surface area contributed by atoms with Crippen LogP contribution in [0.15, 0.2) is 54.6 Å². The first-order valence-corrected chi connectivity index (χ1v) is 6.72. The molecule has 1 atom stereocenters. The minimum Gasteiger partial charge on any atom is -0.398 e. The van der Waals surface area contributed by atoms with E-state index in [4.69, 9.17) is 5.73 Å². The van der Waals surface area contributed by atoms with Gasteiger partial charge in [-0.05, 0) is 25.6 Å². The molecule has 0 saturated carbocycles. The predicted octanol–water partition coefficient (Wildman–Crippen LogP) is 2.97. The second-order valence-corrected chi connectivity index (χ2v) is 5.02. The van der Waals surface area contributed by atoms with Crippen molar-refractivity contribution in [1.29, 1.82) is 0 Å². The summed E-state index contributed by atoms with van der Waals surface area (Å²) in [6.45, 7) is 2.58. The molecule has 0 aromatic heterocycles. The zero-order valence-electron chi connectivity index (χ0n) is 11.9. The number of nitrogen functional groups attached to an aromatic ring is 1. The molecule has 0 spiro atoms. The predicted molar refractivity (Wildman–Crippen MR) is 82.6 cm³/mol. The van der Waals surface area contributed by atoms with Crippen LogP contribution >= 0.6 is 0 Å². The van der Waals surface area contributed by atoms with E-state index in [-0.39, 0.29) is 11.8 Å². The highest BCUT2D eigenvalue weighted by Gasteiger charge is 2.19. The van der Waals surface area contributed by atoms with Gasteiger partial charge in [-0.15, -0.1) is 0 Å². The quantitative estimate of drug-likeness (QED) is 0.670. The molecular formula is C17H20N2O. The fourth-order valence-corrected chi connectivity index (χ4v) is 2.13. The molecule has 3 nitrogen and oxygen atoms in total. The van der Waals surface area contributed by atoms with Crippen molar-refractivity contribution in [3.63, 3.8) is 0 Å². The van der Waals surface area contributed by atoms with Crippen LogP contribution in [0.4, 0.5) is 5.69 Å². The van der Waals surface area contributed by atoms with Crippen molar-refractivity contribution in [3.05, 3.63) is 65.7 Å². The number of nitrogens with zero attached hydrogens (tertiary/aromatic N) is 1. The summed E-state index contributed by atoms with van der Waals surface area (Å²) in [5, 5.41) is 0. The van der Waals surface area contributed by atoms with Crippen molar-refractivity contribution < 1.29 is 4.79 Å². The summed E-state index contributed by atoms with van der Waals surface area (Å²) in [4.78, 5) is 14.4. The lowest BCUT2D eigenvalue weighted by Crippen LogP contribution is -2.35. The van der Waals surface area contributed by atoms with Crippen molar-refractivity contribution >= 4 is 11.5 Å². The van der Waals surface area contributed by atoms with Crippen LogP contribution in [0.1, 0.15) is 22.8 Å². The summed E-state index contributed by atoms with van der Waals surface area (Å²) in [5.41, 5.74) is 8.49. The molecule has 0 aliphatic carbocycles. The van der Waals surface area contributed by atoms with Gasteiger partial charge in [0.1, 0.15) is 0 Å². The van der Waals surface area contributed by atoms with Gasteiger partial charge in [-0.3, -0.25) is 9.69 Å². The fourth-order valence-electron chi connectivity index (χ4n) is 2.13. The van der Waals surface area contributed by atoms with Gasteiger partial charge in [-0.2, -0.15) is 0 Å². The summed E-state index contributed by atoms with van der Waals surface area (Å²) in [6.07, 6.45) is 0. The zero-order valence-corrected chi connectivity index (χ0v) is 11.9.